The largest absolute Gasteiger partial charge is 0.409 e. The fourth-order valence-corrected chi connectivity index (χ4v) is 1.63. The van der Waals surface area contributed by atoms with Crippen molar-refractivity contribution in [1.29, 1.82) is 0 Å². The molecule has 0 atom stereocenters. The zero-order valence-electron chi connectivity index (χ0n) is 10.4. The number of hydrogen-bond donors (Lipinski definition) is 4. The molecule has 0 aliphatic carbocycles. The SMILES string of the molecule is Cc1cc(C(=O)Nc2[nH]ncc2C(N)=NO)n(C)n1. The average Bonchev–Trinajstić information content (AvgIpc) is 2.95. The maximum absolute atomic E-state index is 12.0. The molecule has 1 amide bonds. The Bertz CT molecular complexity index is 640. The maximum Gasteiger partial charge on any atom is 0.275 e. The normalized spacial score (nSPS) is 11.6. The molecule has 2 aromatic rings. The lowest BCUT2D eigenvalue weighted by atomic mass is 10.3. The molecule has 0 aliphatic heterocycles. The number of anilines is 1. The summed E-state index contributed by atoms with van der Waals surface area (Å²) in [6, 6.07) is 1.65. The van der Waals surface area contributed by atoms with Gasteiger partial charge in [0.2, 0.25) is 0 Å². The standard InChI is InChI=1S/C10H13N7O2/c1-5-3-7(17(2)15-5)10(18)13-9-6(4-12-14-9)8(11)16-19/h3-4,19H,1-2H3,(H2,11,16)(H2,12,13,14,18). The highest BCUT2D eigenvalue weighted by Gasteiger charge is 2.16. The van der Waals surface area contributed by atoms with Crippen molar-refractivity contribution in [2.24, 2.45) is 17.9 Å². The van der Waals surface area contributed by atoms with E-state index in [1.807, 2.05) is 0 Å². The lowest BCUT2D eigenvalue weighted by Gasteiger charge is -2.04. The molecule has 19 heavy (non-hydrogen) atoms. The lowest BCUT2D eigenvalue weighted by molar-refractivity contribution is 0.101. The first-order chi connectivity index (χ1) is 9.02. The third-order valence-corrected chi connectivity index (χ3v) is 2.50. The predicted octanol–water partition coefficient (Wildman–Crippen LogP) is -0.202. The summed E-state index contributed by atoms with van der Waals surface area (Å²) >= 11 is 0. The van der Waals surface area contributed by atoms with Gasteiger partial charge in [-0.3, -0.25) is 14.6 Å². The minimum atomic E-state index is -0.376. The number of carbonyl (C=O) groups excluding carboxylic acids is 1. The molecule has 0 radical (unpaired) electrons. The van der Waals surface area contributed by atoms with Crippen molar-refractivity contribution in [3.05, 3.63) is 29.2 Å². The number of carbonyl (C=O) groups is 1. The maximum atomic E-state index is 12.0. The van der Waals surface area contributed by atoms with Gasteiger partial charge in [0.1, 0.15) is 11.5 Å². The van der Waals surface area contributed by atoms with E-state index in [2.05, 4.69) is 25.8 Å². The highest BCUT2D eigenvalue weighted by atomic mass is 16.4. The highest BCUT2D eigenvalue weighted by molar-refractivity contribution is 6.08. The Balaban J connectivity index is 2.25. The molecule has 2 heterocycles. The Morgan fingerprint density at radius 1 is 1.63 bits per heavy atom. The lowest BCUT2D eigenvalue weighted by Crippen LogP contribution is -2.20. The van der Waals surface area contributed by atoms with E-state index in [1.165, 1.54) is 10.9 Å². The second-order valence-electron chi connectivity index (χ2n) is 3.89. The van der Waals surface area contributed by atoms with Gasteiger partial charge in [0.15, 0.2) is 5.84 Å². The first-order valence-electron chi connectivity index (χ1n) is 5.36. The van der Waals surface area contributed by atoms with Crippen LogP contribution in [0.3, 0.4) is 0 Å². The molecular formula is C10H13N7O2. The van der Waals surface area contributed by atoms with Crippen molar-refractivity contribution in [1.82, 2.24) is 20.0 Å². The van der Waals surface area contributed by atoms with Crippen LogP contribution in [0.1, 0.15) is 21.7 Å². The summed E-state index contributed by atoms with van der Waals surface area (Å²) in [5, 5.41) is 24.4. The fourth-order valence-electron chi connectivity index (χ4n) is 1.63. The van der Waals surface area contributed by atoms with Crippen molar-refractivity contribution >= 4 is 17.6 Å². The van der Waals surface area contributed by atoms with Crippen molar-refractivity contribution in [3.63, 3.8) is 0 Å². The summed E-state index contributed by atoms with van der Waals surface area (Å²) in [5.74, 6) is -0.274. The minimum Gasteiger partial charge on any atom is -0.409 e. The molecule has 100 valence electrons. The van der Waals surface area contributed by atoms with E-state index in [-0.39, 0.29) is 17.6 Å². The predicted molar refractivity (Wildman–Crippen MR) is 67.0 cm³/mol. The Morgan fingerprint density at radius 3 is 2.95 bits per heavy atom. The molecule has 0 bridgehead atoms. The van der Waals surface area contributed by atoms with E-state index >= 15 is 0 Å². The third-order valence-electron chi connectivity index (χ3n) is 2.50. The monoisotopic (exact) mass is 263 g/mol. The molecule has 9 nitrogen and oxygen atoms in total. The number of amides is 1. The van der Waals surface area contributed by atoms with Gasteiger partial charge in [-0.25, -0.2) is 0 Å². The van der Waals surface area contributed by atoms with Gasteiger partial charge in [-0.05, 0) is 13.0 Å². The zero-order valence-corrected chi connectivity index (χ0v) is 10.4. The molecule has 0 aromatic carbocycles. The summed E-state index contributed by atoms with van der Waals surface area (Å²) in [6.45, 7) is 1.79. The van der Waals surface area contributed by atoms with Gasteiger partial charge in [-0.2, -0.15) is 10.2 Å². The molecule has 0 saturated carbocycles. The van der Waals surface area contributed by atoms with E-state index in [4.69, 9.17) is 10.9 Å². The molecule has 0 saturated heterocycles. The summed E-state index contributed by atoms with van der Waals surface area (Å²) in [6.07, 6.45) is 1.35. The Kier molecular flexibility index (Phi) is 3.19. The molecule has 5 N–H and O–H groups in total. The van der Waals surface area contributed by atoms with Crippen LogP contribution in [0.2, 0.25) is 0 Å². The average molecular weight is 263 g/mol. The number of H-pyrrole nitrogens is 1. The number of rotatable bonds is 3. The van der Waals surface area contributed by atoms with E-state index in [9.17, 15) is 4.79 Å². The number of nitrogens with two attached hydrogens (primary N) is 1. The summed E-state index contributed by atoms with van der Waals surface area (Å²) in [5.41, 5.74) is 6.88. The van der Waals surface area contributed by atoms with Gasteiger partial charge < -0.3 is 16.3 Å². The van der Waals surface area contributed by atoms with Gasteiger partial charge in [0, 0.05) is 7.05 Å². The van der Waals surface area contributed by atoms with Crippen molar-refractivity contribution < 1.29 is 10.0 Å². The third kappa shape index (κ3) is 2.39. The van der Waals surface area contributed by atoms with E-state index in [0.29, 0.717) is 11.3 Å². The van der Waals surface area contributed by atoms with Gasteiger partial charge in [0.05, 0.1) is 17.5 Å². The van der Waals surface area contributed by atoms with Crippen molar-refractivity contribution in [2.75, 3.05) is 5.32 Å². The number of oxime groups is 1. The van der Waals surface area contributed by atoms with Crippen LogP contribution < -0.4 is 11.1 Å². The number of aryl methyl sites for hydroxylation is 2. The zero-order chi connectivity index (χ0) is 14.0. The number of aromatic nitrogens is 4. The molecule has 2 aromatic heterocycles. The molecule has 0 spiro atoms. The van der Waals surface area contributed by atoms with E-state index < -0.39 is 0 Å². The molecule has 0 aliphatic rings. The fraction of sp³-hybridized carbons (Fsp3) is 0.200. The number of amidine groups is 1. The quantitative estimate of drug-likeness (QED) is 0.263. The Morgan fingerprint density at radius 2 is 2.37 bits per heavy atom. The number of nitrogens with zero attached hydrogens (tertiary/aromatic N) is 4. The van der Waals surface area contributed by atoms with Crippen LogP contribution in [0.4, 0.5) is 5.82 Å². The summed E-state index contributed by atoms with van der Waals surface area (Å²) in [7, 11) is 1.67. The van der Waals surface area contributed by atoms with Crippen LogP contribution in [-0.4, -0.2) is 36.9 Å². The van der Waals surface area contributed by atoms with Gasteiger partial charge in [0.25, 0.3) is 5.91 Å². The first-order valence-corrected chi connectivity index (χ1v) is 5.36. The molecular weight excluding hydrogens is 250 g/mol. The van der Waals surface area contributed by atoms with Crippen LogP contribution >= 0.6 is 0 Å². The first kappa shape index (κ1) is 12.6. The summed E-state index contributed by atoms with van der Waals surface area (Å²) < 4.78 is 1.46. The number of hydrogen-bond acceptors (Lipinski definition) is 5. The van der Waals surface area contributed by atoms with Gasteiger partial charge >= 0.3 is 0 Å². The Hall–Kier alpha value is -2.84. The second-order valence-corrected chi connectivity index (χ2v) is 3.89. The number of aromatic amines is 1. The van der Waals surface area contributed by atoms with Crippen molar-refractivity contribution in [2.45, 2.75) is 6.92 Å². The van der Waals surface area contributed by atoms with E-state index in [1.54, 1.807) is 20.0 Å². The van der Waals surface area contributed by atoms with Crippen LogP contribution in [0.5, 0.6) is 0 Å². The Labute approximate surface area is 108 Å². The second kappa shape index (κ2) is 4.80. The van der Waals surface area contributed by atoms with Crippen LogP contribution in [0, 0.1) is 6.92 Å². The molecule has 9 heteroatoms. The highest BCUT2D eigenvalue weighted by Crippen LogP contribution is 2.12. The van der Waals surface area contributed by atoms with Gasteiger partial charge in [-0.1, -0.05) is 5.16 Å². The van der Waals surface area contributed by atoms with Gasteiger partial charge in [-0.15, -0.1) is 0 Å². The molecule has 0 fully saturated rings. The van der Waals surface area contributed by atoms with Crippen LogP contribution in [0.15, 0.2) is 17.4 Å². The summed E-state index contributed by atoms with van der Waals surface area (Å²) in [4.78, 5) is 12.0. The van der Waals surface area contributed by atoms with Crippen molar-refractivity contribution in [3.8, 4) is 0 Å². The molecule has 2 rings (SSSR count). The van der Waals surface area contributed by atoms with Crippen LogP contribution in [0.25, 0.3) is 0 Å². The topological polar surface area (TPSA) is 134 Å². The smallest absolute Gasteiger partial charge is 0.275 e. The van der Waals surface area contributed by atoms with E-state index in [0.717, 1.165) is 5.69 Å². The number of nitrogens with one attached hydrogen (secondary N) is 2. The minimum absolute atomic E-state index is 0.148. The van der Waals surface area contributed by atoms with Crippen LogP contribution in [-0.2, 0) is 7.05 Å². The molecule has 0 unspecified atom stereocenters.